The Kier molecular flexibility index (Phi) is 6.09. The number of rotatable bonds is 3. The maximum absolute atomic E-state index is 5.90. The van der Waals surface area contributed by atoms with Crippen LogP contribution in [0.5, 0.6) is 11.5 Å². The van der Waals surface area contributed by atoms with E-state index >= 15 is 0 Å². The van der Waals surface area contributed by atoms with E-state index in [9.17, 15) is 0 Å². The SMILES string of the molecule is Cc1ccc(NC(N)=NCC2COc3ccccc3O2)cc1.I. The van der Waals surface area contributed by atoms with Crippen LogP contribution in [-0.4, -0.2) is 25.2 Å². The number of guanidine groups is 1. The van der Waals surface area contributed by atoms with E-state index in [2.05, 4.69) is 10.3 Å². The van der Waals surface area contributed by atoms with E-state index in [4.69, 9.17) is 15.2 Å². The van der Waals surface area contributed by atoms with Crippen LogP contribution in [0, 0.1) is 6.92 Å². The van der Waals surface area contributed by atoms with Gasteiger partial charge in [-0.25, -0.2) is 4.99 Å². The molecule has 0 aromatic heterocycles. The summed E-state index contributed by atoms with van der Waals surface area (Å²) in [5, 5.41) is 3.06. The summed E-state index contributed by atoms with van der Waals surface area (Å²) in [6, 6.07) is 15.6. The van der Waals surface area contributed by atoms with Gasteiger partial charge in [-0.3, -0.25) is 0 Å². The third kappa shape index (κ3) is 4.75. The van der Waals surface area contributed by atoms with E-state index in [1.165, 1.54) is 5.56 Å². The van der Waals surface area contributed by atoms with Gasteiger partial charge in [-0.05, 0) is 31.2 Å². The zero-order valence-electron chi connectivity index (χ0n) is 12.9. The fourth-order valence-corrected chi connectivity index (χ4v) is 2.18. The first-order chi connectivity index (χ1) is 10.7. The van der Waals surface area contributed by atoms with Crippen molar-refractivity contribution in [1.82, 2.24) is 0 Å². The van der Waals surface area contributed by atoms with E-state index in [-0.39, 0.29) is 30.1 Å². The molecule has 122 valence electrons. The molecule has 1 unspecified atom stereocenters. The summed E-state index contributed by atoms with van der Waals surface area (Å²) in [7, 11) is 0. The fourth-order valence-electron chi connectivity index (χ4n) is 2.18. The summed E-state index contributed by atoms with van der Waals surface area (Å²) in [5.74, 6) is 1.89. The molecular formula is C17H20IN3O2. The Bertz CT molecular complexity index is 674. The highest BCUT2D eigenvalue weighted by atomic mass is 127. The molecule has 1 heterocycles. The average molecular weight is 425 g/mol. The van der Waals surface area contributed by atoms with Gasteiger partial charge in [0.25, 0.3) is 0 Å². The molecule has 0 bridgehead atoms. The minimum atomic E-state index is -0.131. The Morgan fingerprint density at radius 3 is 2.61 bits per heavy atom. The van der Waals surface area contributed by atoms with Crippen LogP contribution >= 0.6 is 24.0 Å². The van der Waals surface area contributed by atoms with Crippen molar-refractivity contribution in [3.8, 4) is 11.5 Å². The van der Waals surface area contributed by atoms with Crippen molar-refractivity contribution in [2.24, 2.45) is 10.7 Å². The van der Waals surface area contributed by atoms with Gasteiger partial charge >= 0.3 is 0 Å². The lowest BCUT2D eigenvalue weighted by molar-refractivity contribution is 0.0972. The van der Waals surface area contributed by atoms with Crippen LogP contribution in [-0.2, 0) is 0 Å². The Morgan fingerprint density at radius 2 is 1.87 bits per heavy atom. The summed E-state index contributed by atoms with van der Waals surface area (Å²) >= 11 is 0. The third-order valence-electron chi connectivity index (χ3n) is 3.36. The van der Waals surface area contributed by atoms with Crippen LogP contribution in [0.3, 0.4) is 0 Å². The largest absolute Gasteiger partial charge is 0.486 e. The van der Waals surface area contributed by atoms with Crippen LogP contribution < -0.4 is 20.5 Å². The van der Waals surface area contributed by atoms with E-state index in [1.54, 1.807) is 0 Å². The molecule has 2 aromatic rings. The molecule has 3 N–H and O–H groups in total. The molecule has 0 saturated heterocycles. The monoisotopic (exact) mass is 425 g/mol. The lowest BCUT2D eigenvalue weighted by Gasteiger charge is -2.25. The number of anilines is 1. The number of halogens is 1. The number of fused-ring (bicyclic) bond motifs is 1. The highest BCUT2D eigenvalue weighted by Gasteiger charge is 2.20. The minimum absolute atomic E-state index is 0. The summed E-state index contributed by atoms with van der Waals surface area (Å²) in [6.45, 7) is 2.96. The average Bonchev–Trinajstić information content (AvgIpc) is 2.55. The molecule has 0 radical (unpaired) electrons. The van der Waals surface area contributed by atoms with Crippen molar-refractivity contribution in [3.63, 3.8) is 0 Å². The number of ether oxygens (including phenoxy) is 2. The van der Waals surface area contributed by atoms with Gasteiger partial charge in [-0.2, -0.15) is 0 Å². The van der Waals surface area contributed by atoms with Gasteiger partial charge in [0.1, 0.15) is 6.61 Å². The Morgan fingerprint density at radius 1 is 1.17 bits per heavy atom. The van der Waals surface area contributed by atoms with Crippen LogP contribution in [0.2, 0.25) is 0 Å². The van der Waals surface area contributed by atoms with E-state index in [0.717, 1.165) is 17.2 Å². The van der Waals surface area contributed by atoms with Crippen LogP contribution in [0.15, 0.2) is 53.5 Å². The van der Waals surface area contributed by atoms with Crippen molar-refractivity contribution >= 4 is 35.6 Å². The first-order valence-corrected chi connectivity index (χ1v) is 7.23. The number of benzene rings is 2. The minimum Gasteiger partial charge on any atom is -0.486 e. The molecule has 5 nitrogen and oxygen atoms in total. The second-order valence-corrected chi connectivity index (χ2v) is 5.21. The van der Waals surface area contributed by atoms with Gasteiger partial charge in [-0.1, -0.05) is 29.8 Å². The first-order valence-electron chi connectivity index (χ1n) is 7.23. The third-order valence-corrected chi connectivity index (χ3v) is 3.36. The number of para-hydroxylation sites is 2. The predicted octanol–water partition coefficient (Wildman–Crippen LogP) is 3.18. The molecule has 1 aliphatic heterocycles. The second-order valence-electron chi connectivity index (χ2n) is 5.21. The Hall–Kier alpha value is -1.96. The molecule has 0 amide bonds. The maximum Gasteiger partial charge on any atom is 0.193 e. The van der Waals surface area contributed by atoms with Gasteiger partial charge in [0.05, 0.1) is 6.54 Å². The van der Waals surface area contributed by atoms with Crippen molar-refractivity contribution in [3.05, 3.63) is 54.1 Å². The number of hydrogen-bond donors (Lipinski definition) is 2. The van der Waals surface area contributed by atoms with Crippen molar-refractivity contribution in [2.75, 3.05) is 18.5 Å². The molecular weight excluding hydrogens is 405 g/mol. The molecule has 1 aliphatic rings. The van der Waals surface area contributed by atoms with Gasteiger partial charge in [-0.15, -0.1) is 24.0 Å². The number of nitrogens with two attached hydrogens (primary N) is 1. The van der Waals surface area contributed by atoms with Crippen molar-refractivity contribution in [2.45, 2.75) is 13.0 Å². The van der Waals surface area contributed by atoms with E-state index in [1.807, 2.05) is 55.5 Å². The van der Waals surface area contributed by atoms with E-state index < -0.39 is 0 Å². The molecule has 3 rings (SSSR count). The van der Waals surface area contributed by atoms with Gasteiger partial charge < -0.3 is 20.5 Å². The normalized spacial score (nSPS) is 16.4. The van der Waals surface area contributed by atoms with Crippen molar-refractivity contribution in [1.29, 1.82) is 0 Å². The zero-order chi connectivity index (χ0) is 15.4. The van der Waals surface area contributed by atoms with Crippen LogP contribution in [0.1, 0.15) is 5.56 Å². The number of hydrogen-bond acceptors (Lipinski definition) is 3. The highest BCUT2D eigenvalue weighted by molar-refractivity contribution is 14.0. The van der Waals surface area contributed by atoms with Gasteiger partial charge in [0.15, 0.2) is 23.6 Å². The number of aryl methyl sites for hydroxylation is 1. The Labute approximate surface area is 152 Å². The number of nitrogens with zero attached hydrogens (tertiary/aromatic N) is 1. The number of nitrogens with one attached hydrogen (secondary N) is 1. The molecule has 0 saturated carbocycles. The maximum atomic E-state index is 5.90. The molecule has 6 heteroatoms. The van der Waals surface area contributed by atoms with E-state index in [0.29, 0.717) is 19.1 Å². The first kappa shape index (κ1) is 17.4. The standard InChI is InChI=1S/C17H19N3O2.HI/c1-12-6-8-13(9-7-12)20-17(18)19-10-14-11-21-15-4-2-3-5-16(15)22-14;/h2-9,14H,10-11H2,1H3,(H3,18,19,20);1H. The molecule has 0 fully saturated rings. The zero-order valence-corrected chi connectivity index (χ0v) is 15.2. The molecule has 0 aliphatic carbocycles. The lowest BCUT2D eigenvalue weighted by Crippen LogP contribution is -2.33. The van der Waals surface area contributed by atoms with Gasteiger partial charge in [0, 0.05) is 5.69 Å². The smallest absolute Gasteiger partial charge is 0.193 e. The Balaban J connectivity index is 0.00000192. The lowest BCUT2D eigenvalue weighted by atomic mass is 10.2. The summed E-state index contributed by atoms with van der Waals surface area (Å²) in [4.78, 5) is 4.32. The molecule has 1 atom stereocenters. The van der Waals surface area contributed by atoms with Gasteiger partial charge in [0.2, 0.25) is 0 Å². The second kappa shape index (κ2) is 8.05. The highest BCUT2D eigenvalue weighted by Crippen LogP contribution is 2.30. The van der Waals surface area contributed by atoms with Crippen LogP contribution in [0.25, 0.3) is 0 Å². The molecule has 0 spiro atoms. The summed E-state index contributed by atoms with van der Waals surface area (Å²) < 4.78 is 11.5. The predicted molar refractivity (Wildman–Crippen MR) is 103 cm³/mol. The number of aliphatic imine (C=N–C) groups is 1. The summed E-state index contributed by atoms with van der Waals surface area (Å²) in [5.41, 5.74) is 8.01. The molecule has 2 aromatic carbocycles. The van der Waals surface area contributed by atoms with Crippen molar-refractivity contribution < 1.29 is 9.47 Å². The molecule has 23 heavy (non-hydrogen) atoms. The van der Waals surface area contributed by atoms with Crippen LogP contribution in [0.4, 0.5) is 5.69 Å². The topological polar surface area (TPSA) is 68.9 Å². The summed E-state index contributed by atoms with van der Waals surface area (Å²) in [6.07, 6.45) is -0.131. The fraction of sp³-hybridized carbons (Fsp3) is 0.235. The quantitative estimate of drug-likeness (QED) is 0.451.